The third-order valence-electron chi connectivity index (χ3n) is 3.01. The van der Waals surface area contributed by atoms with Crippen LogP contribution in [0, 0.1) is 5.82 Å². The minimum Gasteiger partial charge on any atom is -0.289 e. The van der Waals surface area contributed by atoms with Crippen molar-refractivity contribution in [2.45, 2.75) is 19.8 Å². The lowest BCUT2D eigenvalue weighted by Gasteiger charge is -2.07. The maximum atomic E-state index is 13.2. The number of hydrogen-bond acceptors (Lipinski definition) is 1. The van der Waals surface area contributed by atoms with Gasteiger partial charge in [0.15, 0.2) is 5.78 Å². The molecule has 98 valence electrons. The Kier molecular flexibility index (Phi) is 4.01. The normalized spacial score (nSPS) is 10.8. The summed E-state index contributed by atoms with van der Waals surface area (Å²) < 4.78 is 13.2. The van der Waals surface area contributed by atoms with Crippen molar-refractivity contribution in [1.82, 2.24) is 0 Å². The highest BCUT2D eigenvalue weighted by molar-refractivity contribution is 6.34. The molecular weight excluding hydrogens is 263 g/mol. The highest BCUT2D eigenvalue weighted by atomic mass is 35.5. The molecule has 0 bridgehead atoms. The summed E-state index contributed by atoms with van der Waals surface area (Å²) in [5.74, 6) is -0.326. The fourth-order valence-corrected chi connectivity index (χ4v) is 2.05. The van der Waals surface area contributed by atoms with Gasteiger partial charge >= 0.3 is 0 Å². The Bertz CT molecular complexity index is 603. The van der Waals surface area contributed by atoms with Gasteiger partial charge in [-0.25, -0.2) is 4.39 Å². The molecule has 2 aromatic carbocycles. The van der Waals surface area contributed by atoms with E-state index >= 15 is 0 Å². The van der Waals surface area contributed by atoms with Crippen LogP contribution >= 0.6 is 11.6 Å². The van der Waals surface area contributed by atoms with Crippen LogP contribution in [-0.4, -0.2) is 5.78 Å². The zero-order valence-corrected chi connectivity index (χ0v) is 11.5. The second-order valence-corrected chi connectivity index (χ2v) is 5.14. The van der Waals surface area contributed by atoms with Crippen LogP contribution in [0.2, 0.25) is 5.02 Å². The van der Waals surface area contributed by atoms with Gasteiger partial charge in [-0.3, -0.25) is 4.79 Å². The zero-order chi connectivity index (χ0) is 14.0. The van der Waals surface area contributed by atoms with Crippen molar-refractivity contribution in [2.24, 2.45) is 0 Å². The maximum absolute atomic E-state index is 13.2. The van der Waals surface area contributed by atoms with Gasteiger partial charge < -0.3 is 0 Å². The molecule has 0 aliphatic heterocycles. The van der Waals surface area contributed by atoms with Gasteiger partial charge in [0.05, 0.1) is 5.02 Å². The van der Waals surface area contributed by atoms with Crippen LogP contribution in [0.25, 0.3) is 0 Å². The predicted octanol–water partition coefficient (Wildman–Crippen LogP) is 4.83. The van der Waals surface area contributed by atoms with Crippen molar-refractivity contribution < 1.29 is 9.18 Å². The molecule has 0 fully saturated rings. The van der Waals surface area contributed by atoms with E-state index in [9.17, 15) is 9.18 Å². The summed E-state index contributed by atoms with van der Waals surface area (Å²) in [6.07, 6.45) is 0. The molecule has 0 unspecified atom stereocenters. The number of carbonyl (C=O) groups excluding carboxylic acids is 1. The Morgan fingerprint density at radius 1 is 1.11 bits per heavy atom. The summed E-state index contributed by atoms with van der Waals surface area (Å²) in [5.41, 5.74) is 1.86. The molecule has 19 heavy (non-hydrogen) atoms. The average molecular weight is 277 g/mol. The fourth-order valence-electron chi connectivity index (χ4n) is 1.85. The third-order valence-corrected chi connectivity index (χ3v) is 3.34. The third kappa shape index (κ3) is 3.02. The van der Waals surface area contributed by atoms with Gasteiger partial charge in [0.2, 0.25) is 0 Å². The van der Waals surface area contributed by atoms with Crippen LogP contribution in [0.4, 0.5) is 4.39 Å². The van der Waals surface area contributed by atoms with Gasteiger partial charge in [0.25, 0.3) is 0 Å². The van der Waals surface area contributed by atoms with Crippen LogP contribution in [0.1, 0.15) is 41.3 Å². The zero-order valence-electron chi connectivity index (χ0n) is 10.8. The predicted molar refractivity (Wildman–Crippen MR) is 75.4 cm³/mol. The largest absolute Gasteiger partial charge is 0.289 e. The molecule has 0 spiro atoms. The first-order chi connectivity index (χ1) is 8.99. The molecule has 0 aliphatic rings. The van der Waals surface area contributed by atoms with Crippen LogP contribution in [0.15, 0.2) is 42.5 Å². The minimum atomic E-state index is -0.466. The molecule has 0 aliphatic carbocycles. The van der Waals surface area contributed by atoms with Gasteiger partial charge in [-0.1, -0.05) is 49.7 Å². The molecule has 3 heteroatoms. The minimum absolute atomic E-state index is 0.193. The van der Waals surface area contributed by atoms with Crippen molar-refractivity contribution in [1.29, 1.82) is 0 Å². The Hall–Kier alpha value is -1.67. The van der Waals surface area contributed by atoms with Crippen LogP contribution < -0.4 is 0 Å². The topological polar surface area (TPSA) is 17.1 Å². The molecule has 2 aromatic rings. The van der Waals surface area contributed by atoms with Crippen molar-refractivity contribution in [3.63, 3.8) is 0 Å². The second kappa shape index (κ2) is 5.54. The fraction of sp³-hybridized carbons (Fsp3) is 0.188. The summed E-state index contributed by atoms with van der Waals surface area (Å²) >= 11 is 5.94. The van der Waals surface area contributed by atoms with Gasteiger partial charge in [0.1, 0.15) is 5.82 Å². The van der Waals surface area contributed by atoms with E-state index in [1.54, 1.807) is 12.1 Å². The summed E-state index contributed by atoms with van der Waals surface area (Å²) in [7, 11) is 0. The molecule has 1 nitrogen and oxygen atoms in total. The number of halogens is 2. The lowest BCUT2D eigenvalue weighted by Crippen LogP contribution is -2.03. The molecule has 0 saturated carbocycles. The Morgan fingerprint density at radius 3 is 2.32 bits per heavy atom. The van der Waals surface area contributed by atoms with Gasteiger partial charge in [-0.15, -0.1) is 0 Å². The van der Waals surface area contributed by atoms with E-state index in [2.05, 4.69) is 13.8 Å². The second-order valence-electron chi connectivity index (χ2n) is 4.73. The van der Waals surface area contributed by atoms with E-state index in [-0.39, 0.29) is 16.4 Å². The lowest BCUT2D eigenvalue weighted by molar-refractivity contribution is 0.103. The molecule has 0 N–H and O–H groups in total. The number of carbonyl (C=O) groups is 1. The maximum Gasteiger partial charge on any atom is 0.194 e. The number of hydrogen-bond donors (Lipinski definition) is 0. The summed E-state index contributed by atoms with van der Waals surface area (Å²) in [4.78, 5) is 12.2. The van der Waals surface area contributed by atoms with Crippen molar-refractivity contribution >= 4 is 17.4 Å². The lowest BCUT2D eigenvalue weighted by atomic mass is 9.98. The van der Waals surface area contributed by atoms with Gasteiger partial charge in [0, 0.05) is 11.1 Å². The Morgan fingerprint density at radius 2 is 1.74 bits per heavy atom. The van der Waals surface area contributed by atoms with Crippen molar-refractivity contribution in [3.8, 4) is 0 Å². The molecule has 0 heterocycles. The van der Waals surface area contributed by atoms with E-state index in [4.69, 9.17) is 11.6 Å². The molecule has 0 aromatic heterocycles. The molecule has 0 saturated heterocycles. The van der Waals surface area contributed by atoms with E-state index < -0.39 is 5.82 Å². The van der Waals surface area contributed by atoms with Crippen LogP contribution in [0.5, 0.6) is 0 Å². The van der Waals surface area contributed by atoms with Crippen molar-refractivity contribution in [3.05, 3.63) is 70.0 Å². The Balaban J connectivity index is 2.36. The van der Waals surface area contributed by atoms with E-state index in [0.717, 1.165) is 5.56 Å². The Labute approximate surface area is 117 Å². The SMILES string of the molecule is CC(C)c1ccc(C(=O)c2cc(F)ccc2Cl)cc1. The average Bonchev–Trinajstić information content (AvgIpc) is 2.41. The van der Waals surface area contributed by atoms with E-state index in [1.807, 2.05) is 12.1 Å². The summed E-state index contributed by atoms with van der Waals surface area (Å²) in [6, 6.07) is 11.1. The van der Waals surface area contributed by atoms with Crippen LogP contribution in [0.3, 0.4) is 0 Å². The number of rotatable bonds is 3. The highest BCUT2D eigenvalue weighted by Crippen LogP contribution is 2.22. The standard InChI is InChI=1S/C16H14ClFO/c1-10(2)11-3-5-12(6-4-11)16(19)14-9-13(18)7-8-15(14)17/h3-10H,1-2H3. The first-order valence-corrected chi connectivity index (χ1v) is 6.46. The monoisotopic (exact) mass is 276 g/mol. The summed E-state index contributed by atoms with van der Waals surface area (Å²) in [5, 5.41) is 0.263. The first kappa shape index (κ1) is 13.8. The molecule has 2 rings (SSSR count). The van der Waals surface area contributed by atoms with E-state index in [1.165, 1.54) is 18.2 Å². The molecule has 0 atom stereocenters. The molecule has 0 amide bonds. The smallest absolute Gasteiger partial charge is 0.194 e. The van der Waals surface area contributed by atoms with E-state index in [0.29, 0.717) is 11.5 Å². The first-order valence-electron chi connectivity index (χ1n) is 6.08. The number of benzene rings is 2. The van der Waals surface area contributed by atoms with Crippen molar-refractivity contribution in [2.75, 3.05) is 0 Å². The van der Waals surface area contributed by atoms with Crippen LogP contribution in [-0.2, 0) is 0 Å². The molecular formula is C16H14ClFO. The quantitative estimate of drug-likeness (QED) is 0.734. The number of ketones is 1. The van der Waals surface area contributed by atoms with Gasteiger partial charge in [-0.2, -0.15) is 0 Å². The summed E-state index contributed by atoms with van der Waals surface area (Å²) in [6.45, 7) is 4.17. The van der Waals surface area contributed by atoms with Gasteiger partial charge in [-0.05, 0) is 29.7 Å². The molecule has 0 radical (unpaired) electrons. The highest BCUT2D eigenvalue weighted by Gasteiger charge is 2.14.